The van der Waals surface area contributed by atoms with Crippen LogP contribution in [0.25, 0.3) is 116 Å². The van der Waals surface area contributed by atoms with Crippen molar-refractivity contribution in [3.63, 3.8) is 0 Å². The molecule has 0 aliphatic heterocycles. The van der Waals surface area contributed by atoms with Crippen molar-refractivity contribution in [2.75, 3.05) is 0 Å². The largest absolute Gasteiger partial charge is 0.455 e. The van der Waals surface area contributed by atoms with Crippen LogP contribution < -0.4 is 0 Å². The number of nitrogens with zero attached hydrogens (tertiary/aromatic N) is 3. The van der Waals surface area contributed by atoms with Gasteiger partial charge in [0, 0.05) is 54.2 Å². The predicted molar refractivity (Wildman–Crippen MR) is 209 cm³/mol. The van der Waals surface area contributed by atoms with E-state index in [0.717, 1.165) is 110 Å². The topological polar surface area (TPSA) is 70.1 Å². The fourth-order valence-electron chi connectivity index (χ4n) is 8.15. The second-order valence-electron chi connectivity index (χ2n) is 13.3. The molecule has 0 atom stereocenters. The third-order valence-corrected chi connectivity index (χ3v) is 10.5. The molecule has 0 fully saturated rings. The Bertz CT molecular complexity index is 3300. The summed E-state index contributed by atoms with van der Waals surface area (Å²) in [5, 5.41) is 8.48. The van der Waals surface area contributed by atoms with E-state index in [-0.39, 0.29) is 0 Å². The normalized spacial score (nSPS) is 12.2. The molecule has 12 rings (SSSR count). The lowest BCUT2D eigenvalue weighted by molar-refractivity contribution is 0.669. The Morgan fingerprint density at radius 3 is 1.38 bits per heavy atom. The molecule has 7 aromatic carbocycles. The van der Waals surface area contributed by atoms with Gasteiger partial charge in [0.05, 0.1) is 16.9 Å². The molecule has 0 aliphatic carbocycles. The molecule has 0 bridgehead atoms. The number of hydrogen-bond donors (Lipinski definition) is 0. The molecule has 0 spiro atoms. The van der Waals surface area contributed by atoms with Gasteiger partial charge in [0.2, 0.25) is 5.95 Å². The predicted octanol–water partition coefficient (Wildman–Crippen LogP) is 12.6. The van der Waals surface area contributed by atoms with E-state index in [0.29, 0.717) is 5.95 Å². The zero-order valence-electron chi connectivity index (χ0n) is 27.5. The minimum atomic E-state index is 0.521. The molecule has 0 unspecified atom stereocenters. The van der Waals surface area contributed by atoms with Gasteiger partial charge < -0.3 is 13.3 Å². The summed E-state index contributed by atoms with van der Waals surface area (Å²) < 4.78 is 21.9. The molecule has 6 heteroatoms. The Morgan fingerprint density at radius 1 is 0.365 bits per heavy atom. The van der Waals surface area contributed by atoms with Gasteiger partial charge in [-0.05, 0) is 48.5 Å². The van der Waals surface area contributed by atoms with Crippen LogP contribution in [0.5, 0.6) is 0 Å². The second kappa shape index (κ2) is 10.2. The summed E-state index contributed by atoms with van der Waals surface area (Å²) in [7, 11) is 0. The number of aromatic nitrogens is 3. The van der Waals surface area contributed by atoms with E-state index in [9.17, 15) is 0 Å². The summed E-state index contributed by atoms with van der Waals surface area (Å²) in [5.74, 6) is 0.521. The van der Waals surface area contributed by atoms with Crippen LogP contribution >= 0.6 is 0 Å². The lowest BCUT2D eigenvalue weighted by Gasteiger charge is -2.12. The van der Waals surface area contributed by atoms with E-state index < -0.39 is 0 Å². The molecule has 6 nitrogen and oxygen atoms in total. The van der Waals surface area contributed by atoms with Crippen molar-refractivity contribution in [2.24, 2.45) is 0 Å². The summed E-state index contributed by atoms with van der Waals surface area (Å²) in [6, 6.07) is 51.8. The Balaban J connectivity index is 1.23. The quantitative estimate of drug-likeness (QED) is 0.188. The van der Waals surface area contributed by atoms with Crippen molar-refractivity contribution in [3.8, 4) is 28.5 Å². The fraction of sp³-hybridized carbons (Fsp3) is 0. The van der Waals surface area contributed by atoms with Gasteiger partial charge in [0.1, 0.15) is 33.4 Å². The van der Waals surface area contributed by atoms with Crippen molar-refractivity contribution in [1.82, 2.24) is 14.5 Å². The SMILES string of the molecule is c1ccc2c(c1)oc1c(-c3cc(-c4cccc5c4oc4ccccc45)nc(-n4c5ccccc5c5ccc6c7ccccc7oc6c54)n3)cccc12. The summed E-state index contributed by atoms with van der Waals surface area (Å²) >= 11 is 0. The fourth-order valence-corrected chi connectivity index (χ4v) is 8.15. The summed E-state index contributed by atoms with van der Waals surface area (Å²) in [4.78, 5) is 10.8. The molecule has 0 aliphatic rings. The van der Waals surface area contributed by atoms with Gasteiger partial charge in [-0.2, -0.15) is 0 Å². The van der Waals surface area contributed by atoms with E-state index in [2.05, 4.69) is 102 Å². The minimum absolute atomic E-state index is 0.521. The maximum absolute atomic E-state index is 6.66. The Kier molecular flexibility index (Phi) is 5.41. The van der Waals surface area contributed by atoms with Crippen molar-refractivity contribution in [3.05, 3.63) is 152 Å². The Morgan fingerprint density at radius 2 is 0.808 bits per heavy atom. The first-order valence-corrected chi connectivity index (χ1v) is 17.3. The summed E-state index contributed by atoms with van der Waals surface area (Å²) in [6.07, 6.45) is 0. The van der Waals surface area contributed by atoms with Crippen molar-refractivity contribution in [1.29, 1.82) is 0 Å². The smallest absolute Gasteiger partial charge is 0.235 e. The molecule has 0 saturated heterocycles. The van der Waals surface area contributed by atoms with E-state index in [4.69, 9.17) is 23.2 Å². The van der Waals surface area contributed by atoms with Crippen molar-refractivity contribution < 1.29 is 13.3 Å². The minimum Gasteiger partial charge on any atom is -0.455 e. The van der Waals surface area contributed by atoms with Gasteiger partial charge in [-0.1, -0.05) is 103 Å². The first kappa shape index (κ1) is 27.6. The molecular formula is C46H25N3O3. The van der Waals surface area contributed by atoms with E-state index in [1.54, 1.807) is 0 Å². The highest BCUT2D eigenvalue weighted by Crippen LogP contribution is 2.42. The van der Waals surface area contributed by atoms with Gasteiger partial charge >= 0.3 is 0 Å². The van der Waals surface area contributed by atoms with E-state index in [1.807, 2.05) is 54.6 Å². The van der Waals surface area contributed by atoms with Crippen LogP contribution in [0, 0.1) is 0 Å². The third kappa shape index (κ3) is 3.72. The molecule has 0 amide bonds. The maximum atomic E-state index is 6.66. The number of rotatable bonds is 3. The first-order valence-electron chi connectivity index (χ1n) is 17.3. The van der Waals surface area contributed by atoms with Gasteiger partial charge in [0.15, 0.2) is 5.58 Å². The van der Waals surface area contributed by atoms with E-state index >= 15 is 0 Å². The monoisotopic (exact) mass is 667 g/mol. The van der Waals surface area contributed by atoms with Gasteiger partial charge in [-0.15, -0.1) is 0 Å². The third-order valence-electron chi connectivity index (χ3n) is 10.5. The second-order valence-corrected chi connectivity index (χ2v) is 13.3. The average Bonchev–Trinajstić information content (AvgIpc) is 3.96. The number of hydrogen-bond acceptors (Lipinski definition) is 5. The molecule has 0 saturated carbocycles. The number of benzene rings is 7. The van der Waals surface area contributed by atoms with Crippen LogP contribution in [-0.2, 0) is 0 Å². The molecule has 0 radical (unpaired) electrons. The van der Waals surface area contributed by atoms with Crippen LogP contribution in [0.2, 0.25) is 0 Å². The molecule has 242 valence electrons. The summed E-state index contributed by atoms with van der Waals surface area (Å²) in [6.45, 7) is 0. The highest BCUT2D eigenvalue weighted by molar-refractivity contribution is 6.21. The maximum Gasteiger partial charge on any atom is 0.235 e. The highest BCUT2D eigenvalue weighted by Gasteiger charge is 2.23. The standard InChI is InChI=1S/C46H25N3O3/c1-5-19-38-26(11-1)30-23-24-33-29-14-4-8-22-41(29)52-45(33)42(30)49(38)46-47-36(34-17-9-15-31-27-12-2-6-20-39(27)50-43(31)34)25-37(48-46)35-18-10-16-32-28-13-3-7-21-40(28)51-44(32)35/h1-25H. The zero-order chi connectivity index (χ0) is 33.9. The van der Waals surface area contributed by atoms with Crippen molar-refractivity contribution in [2.45, 2.75) is 0 Å². The summed E-state index contributed by atoms with van der Waals surface area (Å²) in [5.41, 5.74) is 10.00. The molecule has 0 N–H and O–H groups in total. The van der Waals surface area contributed by atoms with Crippen LogP contribution in [0.15, 0.2) is 165 Å². The lowest BCUT2D eigenvalue weighted by Crippen LogP contribution is -2.04. The number of furan rings is 3. The van der Waals surface area contributed by atoms with Crippen molar-refractivity contribution >= 4 is 87.6 Å². The molecule has 12 aromatic rings. The number of para-hydroxylation sites is 6. The Hall–Kier alpha value is -7.18. The van der Waals surface area contributed by atoms with E-state index in [1.165, 1.54) is 0 Å². The van der Waals surface area contributed by atoms with Gasteiger partial charge in [-0.3, -0.25) is 4.57 Å². The van der Waals surface area contributed by atoms with Crippen LogP contribution in [-0.4, -0.2) is 14.5 Å². The first-order chi connectivity index (χ1) is 25.8. The lowest BCUT2D eigenvalue weighted by atomic mass is 10.0. The van der Waals surface area contributed by atoms with Crippen LogP contribution in [0.1, 0.15) is 0 Å². The number of fused-ring (bicyclic) bond motifs is 13. The van der Waals surface area contributed by atoms with Crippen LogP contribution in [0.4, 0.5) is 0 Å². The Labute approximate surface area is 294 Å². The molecular weight excluding hydrogens is 643 g/mol. The zero-order valence-corrected chi connectivity index (χ0v) is 27.5. The van der Waals surface area contributed by atoms with Gasteiger partial charge in [-0.25, -0.2) is 9.97 Å². The molecule has 5 aromatic heterocycles. The van der Waals surface area contributed by atoms with Gasteiger partial charge in [0.25, 0.3) is 0 Å². The van der Waals surface area contributed by atoms with Crippen LogP contribution in [0.3, 0.4) is 0 Å². The highest BCUT2D eigenvalue weighted by atomic mass is 16.3. The molecule has 5 heterocycles. The average molecular weight is 668 g/mol. The molecule has 52 heavy (non-hydrogen) atoms.